The van der Waals surface area contributed by atoms with Crippen LogP contribution in [-0.4, -0.2) is 39.0 Å². The Labute approximate surface area is 173 Å². The summed E-state index contributed by atoms with van der Waals surface area (Å²) in [6.45, 7) is 4.08. The van der Waals surface area contributed by atoms with Crippen LogP contribution in [0.1, 0.15) is 22.8 Å². The van der Waals surface area contributed by atoms with Crippen molar-refractivity contribution in [3.8, 4) is 11.4 Å². The van der Waals surface area contributed by atoms with E-state index in [1.165, 1.54) is 17.3 Å². The Bertz CT molecular complexity index is 1020. The monoisotopic (exact) mass is 410 g/mol. The maximum absolute atomic E-state index is 12.3. The Morgan fingerprint density at radius 2 is 1.90 bits per heavy atom. The summed E-state index contributed by atoms with van der Waals surface area (Å²) in [5, 5.41) is 11.9. The molecule has 0 atom stereocenters. The molecule has 1 amide bonds. The molecule has 0 unspecified atom stereocenters. The average Bonchev–Trinajstić information content (AvgIpc) is 3.08. The van der Waals surface area contributed by atoms with E-state index in [0.717, 1.165) is 11.4 Å². The van der Waals surface area contributed by atoms with E-state index in [-0.39, 0.29) is 11.7 Å². The second-order valence-electron chi connectivity index (χ2n) is 6.37. The van der Waals surface area contributed by atoms with Crippen LogP contribution in [0.4, 0.5) is 5.69 Å². The van der Waals surface area contributed by atoms with Gasteiger partial charge in [0, 0.05) is 18.3 Å². The molecule has 0 fully saturated rings. The highest BCUT2D eigenvalue weighted by molar-refractivity contribution is 7.99. The molecule has 0 radical (unpaired) electrons. The quantitative estimate of drug-likeness (QED) is 0.472. The number of nitrogens with zero attached hydrogens (tertiary/aromatic N) is 3. The van der Waals surface area contributed by atoms with Crippen LogP contribution in [0.15, 0.2) is 53.7 Å². The van der Waals surface area contributed by atoms with Gasteiger partial charge in [-0.05, 0) is 32.0 Å². The van der Waals surface area contributed by atoms with Crippen LogP contribution in [0.25, 0.3) is 11.4 Å². The Balaban J connectivity index is 1.61. The van der Waals surface area contributed by atoms with Gasteiger partial charge in [-0.25, -0.2) is 4.79 Å². The van der Waals surface area contributed by atoms with E-state index < -0.39 is 5.97 Å². The first-order valence-corrected chi connectivity index (χ1v) is 10.1. The third-order valence-corrected chi connectivity index (χ3v) is 5.15. The van der Waals surface area contributed by atoms with E-state index in [1.54, 1.807) is 31.2 Å². The number of nitrogens with one attached hydrogen (secondary N) is 1. The van der Waals surface area contributed by atoms with Gasteiger partial charge in [0.05, 0.1) is 17.9 Å². The number of thioether (sulfide) groups is 1. The zero-order chi connectivity index (χ0) is 20.8. The number of carbonyl (C=O) groups excluding carboxylic acids is 2. The molecule has 2 aromatic carbocycles. The largest absolute Gasteiger partial charge is 0.462 e. The van der Waals surface area contributed by atoms with Crippen molar-refractivity contribution in [3.05, 3.63) is 59.7 Å². The van der Waals surface area contributed by atoms with Gasteiger partial charge in [-0.2, -0.15) is 0 Å². The van der Waals surface area contributed by atoms with E-state index in [4.69, 9.17) is 4.74 Å². The minimum atomic E-state index is -0.416. The van der Waals surface area contributed by atoms with E-state index in [0.29, 0.717) is 23.0 Å². The molecule has 0 aliphatic rings. The summed E-state index contributed by atoms with van der Waals surface area (Å²) in [4.78, 5) is 24.1. The van der Waals surface area contributed by atoms with Gasteiger partial charge >= 0.3 is 5.97 Å². The van der Waals surface area contributed by atoms with Gasteiger partial charge in [-0.3, -0.25) is 4.79 Å². The fourth-order valence-corrected chi connectivity index (χ4v) is 3.37. The Morgan fingerprint density at radius 3 is 2.62 bits per heavy atom. The maximum Gasteiger partial charge on any atom is 0.338 e. The van der Waals surface area contributed by atoms with Crippen LogP contribution < -0.4 is 5.32 Å². The molecule has 8 heteroatoms. The van der Waals surface area contributed by atoms with Crippen molar-refractivity contribution in [2.24, 2.45) is 7.05 Å². The number of anilines is 1. The molecule has 0 aliphatic carbocycles. The zero-order valence-electron chi connectivity index (χ0n) is 16.5. The lowest BCUT2D eigenvalue weighted by Gasteiger charge is -2.07. The Kier molecular flexibility index (Phi) is 6.66. The lowest BCUT2D eigenvalue weighted by Crippen LogP contribution is -2.15. The van der Waals surface area contributed by atoms with Gasteiger partial charge in [0.25, 0.3) is 0 Å². The third kappa shape index (κ3) is 5.23. The zero-order valence-corrected chi connectivity index (χ0v) is 17.3. The first-order valence-electron chi connectivity index (χ1n) is 9.14. The molecular weight excluding hydrogens is 388 g/mol. The highest BCUT2D eigenvalue weighted by Gasteiger charge is 2.14. The predicted molar refractivity (Wildman–Crippen MR) is 113 cm³/mol. The third-order valence-electron chi connectivity index (χ3n) is 4.13. The first kappa shape index (κ1) is 20.6. The van der Waals surface area contributed by atoms with E-state index in [1.807, 2.05) is 42.8 Å². The number of carbonyl (C=O) groups is 2. The number of hydrogen-bond donors (Lipinski definition) is 1. The normalized spacial score (nSPS) is 10.6. The van der Waals surface area contributed by atoms with Crippen LogP contribution in [0.2, 0.25) is 0 Å². The van der Waals surface area contributed by atoms with Crippen LogP contribution in [0.5, 0.6) is 0 Å². The number of rotatable bonds is 7. The van der Waals surface area contributed by atoms with Crippen LogP contribution in [0.3, 0.4) is 0 Å². The van der Waals surface area contributed by atoms with Crippen molar-refractivity contribution < 1.29 is 14.3 Å². The topological polar surface area (TPSA) is 86.1 Å². The number of benzene rings is 2. The average molecular weight is 410 g/mol. The van der Waals surface area contributed by atoms with Gasteiger partial charge < -0.3 is 14.6 Å². The lowest BCUT2D eigenvalue weighted by molar-refractivity contribution is -0.113. The number of amides is 1. The van der Waals surface area contributed by atoms with Gasteiger partial charge in [0.2, 0.25) is 5.91 Å². The van der Waals surface area contributed by atoms with Crippen molar-refractivity contribution in [2.75, 3.05) is 17.7 Å². The summed E-state index contributed by atoms with van der Waals surface area (Å²) in [7, 11) is 1.87. The summed E-state index contributed by atoms with van der Waals surface area (Å²) < 4.78 is 6.84. The summed E-state index contributed by atoms with van der Waals surface area (Å²) in [6.07, 6.45) is 0. The summed E-state index contributed by atoms with van der Waals surface area (Å²) in [5.41, 5.74) is 3.08. The number of ether oxygens (including phenoxy) is 1. The van der Waals surface area contributed by atoms with Crippen molar-refractivity contribution in [1.29, 1.82) is 0 Å². The van der Waals surface area contributed by atoms with Gasteiger partial charge in [-0.15, -0.1) is 10.2 Å². The highest BCUT2D eigenvalue weighted by Crippen LogP contribution is 2.23. The number of hydrogen-bond acceptors (Lipinski definition) is 6. The van der Waals surface area contributed by atoms with Gasteiger partial charge in [0.1, 0.15) is 0 Å². The minimum Gasteiger partial charge on any atom is -0.462 e. The lowest BCUT2D eigenvalue weighted by atomic mass is 10.1. The number of aromatic nitrogens is 3. The molecule has 0 saturated heterocycles. The SMILES string of the molecule is CCOC(=O)c1cccc(NC(=O)CSc2nnc(-c3ccc(C)cc3)n2C)c1. The van der Waals surface area contributed by atoms with Crippen molar-refractivity contribution >= 4 is 29.3 Å². The standard InChI is InChI=1S/C21H22N4O3S/c1-4-28-20(27)16-6-5-7-17(12-16)22-18(26)13-29-21-24-23-19(25(21)3)15-10-8-14(2)9-11-15/h5-12H,4,13H2,1-3H3,(H,22,26). The molecule has 29 heavy (non-hydrogen) atoms. The maximum atomic E-state index is 12.3. The van der Waals surface area contributed by atoms with E-state index in [2.05, 4.69) is 15.5 Å². The fourth-order valence-electron chi connectivity index (χ4n) is 2.66. The number of aryl methyl sites for hydroxylation is 1. The summed E-state index contributed by atoms with van der Waals surface area (Å²) >= 11 is 1.30. The molecule has 0 saturated carbocycles. The van der Waals surface area contributed by atoms with Crippen LogP contribution in [0, 0.1) is 6.92 Å². The Morgan fingerprint density at radius 1 is 1.14 bits per heavy atom. The summed E-state index contributed by atoms with van der Waals surface area (Å²) in [5.74, 6) is 0.301. The minimum absolute atomic E-state index is 0.170. The molecule has 7 nitrogen and oxygen atoms in total. The molecular formula is C21H22N4O3S. The molecule has 150 valence electrons. The van der Waals surface area contributed by atoms with Crippen LogP contribution in [-0.2, 0) is 16.6 Å². The molecule has 1 aromatic heterocycles. The second-order valence-corrected chi connectivity index (χ2v) is 7.31. The van der Waals surface area contributed by atoms with Crippen LogP contribution >= 0.6 is 11.8 Å². The molecule has 1 N–H and O–H groups in total. The van der Waals surface area contributed by atoms with E-state index >= 15 is 0 Å². The fraction of sp³-hybridized carbons (Fsp3) is 0.238. The summed E-state index contributed by atoms with van der Waals surface area (Å²) in [6, 6.07) is 14.7. The molecule has 0 aliphatic heterocycles. The highest BCUT2D eigenvalue weighted by atomic mass is 32.2. The Hall–Kier alpha value is -3.13. The smallest absolute Gasteiger partial charge is 0.338 e. The predicted octanol–water partition coefficient (Wildman–Crippen LogP) is 3.70. The van der Waals surface area contributed by atoms with Gasteiger partial charge in [-0.1, -0.05) is 47.7 Å². The number of esters is 1. The van der Waals surface area contributed by atoms with E-state index in [9.17, 15) is 9.59 Å². The van der Waals surface area contributed by atoms with Crippen molar-refractivity contribution in [2.45, 2.75) is 19.0 Å². The van der Waals surface area contributed by atoms with Crippen molar-refractivity contribution in [1.82, 2.24) is 14.8 Å². The van der Waals surface area contributed by atoms with Crippen molar-refractivity contribution in [3.63, 3.8) is 0 Å². The molecule has 0 spiro atoms. The molecule has 0 bridgehead atoms. The molecule has 3 aromatic rings. The molecule has 1 heterocycles. The first-order chi connectivity index (χ1) is 14.0. The molecule has 3 rings (SSSR count). The van der Waals surface area contributed by atoms with Gasteiger partial charge in [0.15, 0.2) is 11.0 Å². The second kappa shape index (κ2) is 9.38.